The summed E-state index contributed by atoms with van der Waals surface area (Å²) in [4.78, 5) is 0. The van der Waals surface area contributed by atoms with Gasteiger partial charge in [0.1, 0.15) is 0 Å². The fourth-order valence-corrected chi connectivity index (χ4v) is 0.370. The second-order valence-corrected chi connectivity index (χ2v) is 1.86. The molecule has 1 heteroatoms. The van der Waals surface area contributed by atoms with Gasteiger partial charge in [0.05, 0.1) is 6.61 Å². The molecule has 0 aromatic carbocycles. The molecule has 0 unspecified atom stereocenters. The average molecular weight is 144 g/mol. The van der Waals surface area contributed by atoms with Crippen molar-refractivity contribution in [1.29, 1.82) is 0 Å². The highest BCUT2D eigenvalue weighted by Gasteiger charge is 1.79. The second kappa shape index (κ2) is 11.5. The number of rotatable bonds is 3. The van der Waals surface area contributed by atoms with Gasteiger partial charge < -0.3 is 4.74 Å². The summed E-state index contributed by atoms with van der Waals surface area (Å²) in [6, 6.07) is 0. The van der Waals surface area contributed by atoms with Crippen molar-refractivity contribution in [2.45, 2.75) is 34.1 Å². The van der Waals surface area contributed by atoms with Crippen LogP contribution in [0.4, 0.5) is 0 Å². The number of methoxy groups -OCH3 is 1. The minimum Gasteiger partial charge on any atom is -0.381 e. The van der Waals surface area contributed by atoms with E-state index in [4.69, 9.17) is 4.74 Å². The Kier molecular flexibility index (Phi) is 14.2. The predicted octanol–water partition coefficient (Wildman–Crippen LogP) is 3.02. The largest absolute Gasteiger partial charge is 0.381 e. The van der Waals surface area contributed by atoms with Crippen molar-refractivity contribution in [3.63, 3.8) is 0 Å². The van der Waals surface area contributed by atoms with Crippen molar-refractivity contribution >= 4 is 0 Å². The molecule has 0 radical (unpaired) electrons. The number of ether oxygens (including phenoxy) is 1. The molecule has 0 aliphatic heterocycles. The van der Waals surface area contributed by atoms with Crippen molar-refractivity contribution in [3.05, 3.63) is 11.6 Å². The van der Waals surface area contributed by atoms with Gasteiger partial charge in [-0.05, 0) is 13.3 Å². The summed E-state index contributed by atoms with van der Waals surface area (Å²) in [5, 5.41) is 0. The van der Waals surface area contributed by atoms with E-state index in [1.165, 1.54) is 5.57 Å². The molecule has 0 fully saturated rings. The van der Waals surface area contributed by atoms with E-state index >= 15 is 0 Å². The van der Waals surface area contributed by atoms with Gasteiger partial charge in [-0.25, -0.2) is 0 Å². The van der Waals surface area contributed by atoms with Gasteiger partial charge in [-0.3, -0.25) is 0 Å². The molecule has 0 aromatic rings. The van der Waals surface area contributed by atoms with Crippen molar-refractivity contribution < 1.29 is 4.74 Å². The predicted molar refractivity (Wildman–Crippen MR) is 47.3 cm³/mol. The molecule has 0 bridgehead atoms. The zero-order valence-electron chi connectivity index (χ0n) is 7.90. The monoisotopic (exact) mass is 144 g/mol. The highest BCUT2D eigenvalue weighted by Crippen LogP contribution is 1.95. The Morgan fingerprint density at radius 2 is 1.90 bits per heavy atom. The highest BCUT2D eigenvalue weighted by molar-refractivity contribution is 4.96. The van der Waals surface area contributed by atoms with E-state index in [1.807, 2.05) is 13.8 Å². The van der Waals surface area contributed by atoms with Gasteiger partial charge in [-0.15, -0.1) is 0 Å². The maximum atomic E-state index is 4.84. The Labute approximate surface area is 65.1 Å². The second-order valence-electron chi connectivity index (χ2n) is 1.86. The third-order valence-corrected chi connectivity index (χ3v) is 1.16. The summed E-state index contributed by atoms with van der Waals surface area (Å²) in [5.41, 5.74) is 1.40. The average Bonchev–Trinajstić information content (AvgIpc) is 2.04. The van der Waals surface area contributed by atoms with Crippen LogP contribution in [0, 0.1) is 0 Å². The molecule has 0 aliphatic rings. The normalized spacial score (nSPS) is 10.3. The van der Waals surface area contributed by atoms with Crippen LogP contribution in [0.2, 0.25) is 0 Å². The lowest BCUT2D eigenvalue weighted by atomic mass is 10.2. The van der Waals surface area contributed by atoms with E-state index in [-0.39, 0.29) is 0 Å². The van der Waals surface area contributed by atoms with Gasteiger partial charge >= 0.3 is 0 Å². The van der Waals surface area contributed by atoms with E-state index in [0.717, 1.165) is 13.0 Å². The van der Waals surface area contributed by atoms with Gasteiger partial charge in [-0.1, -0.05) is 32.4 Å². The first-order valence-corrected chi connectivity index (χ1v) is 3.95. The van der Waals surface area contributed by atoms with Crippen molar-refractivity contribution in [2.24, 2.45) is 0 Å². The smallest absolute Gasteiger partial charge is 0.0646 e. The SMILES string of the molecule is CC.CC/C(C)=C\COC. The van der Waals surface area contributed by atoms with E-state index < -0.39 is 0 Å². The first-order chi connectivity index (χ1) is 4.81. The zero-order chi connectivity index (χ0) is 8.41. The molecular weight excluding hydrogens is 124 g/mol. The molecule has 0 spiro atoms. The molecular formula is C9H20O. The fraction of sp³-hybridized carbons (Fsp3) is 0.778. The van der Waals surface area contributed by atoms with Gasteiger partial charge in [0.15, 0.2) is 0 Å². The number of allylic oxidation sites excluding steroid dienone is 1. The standard InChI is InChI=1S/C7H14O.C2H6/c1-4-7(2)5-6-8-3;1-2/h5H,4,6H2,1-3H3;1-2H3/b7-5-;. The Hall–Kier alpha value is -0.300. The molecule has 10 heavy (non-hydrogen) atoms. The van der Waals surface area contributed by atoms with Gasteiger partial charge in [0.25, 0.3) is 0 Å². The lowest BCUT2D eigenvalue weighted by molar-refractivity contribution is 0.233. The van der Waals surface area contributed by atoms with Crippen LogP contribution >= 0.6 is 0 Å². The maximum Gasteiger partial charge on any atom is 0.0646 e. The third kappa shape index (κ3) is 10.6. The summed E-state index contributed by atoms with van der Waals surface area (Å²) in [6.07, 6.45) is 3.23. The Morgan fingerprint density at radius 1 is 1.40 bits per heavy atom. The Morgan fingerprint density at radius 3 is 2.20 bits per heavy atom. The molecule has 0 heterocycles. The van der Waals surface area contributed by atoms with Crippen LogP contribution < -0.4 is 0 Å². The third-order valence-electron chi connectivity index (χ3n) is 1.16. The fourth-order valence-electron chi connectivity index (χ4n) is 0.370. The van der Waals surface area contributed by atoms with Crippen LogP contribution in [0.15, 0.2) is 11.6 Å². The lowest BCUT2D eigenvalue weighted by Gasteiger charge is -1.92. The van der Waals surface area contributed by atoms with E-state index in [1.54, 1.807) is 7.11 Å². The minimum absolute atomic E-state index is 0.750. The topological polar surface area (TPSA) is 9.23 Å². The Bertz CT molecular complexity index is 74.8. The molecule has 0 aliphatic carbocycles. The highest BCUT2D eigenvalue weighted by atomic mass is 16.5. The van der Waals surface area contributed by atoms with Crippen LogP contribution in [0.5, 0.6) is 0 Å². The summed E-state index contributed by atoms with van der Waals surface area (Å²) in [7, 11) is 1.71. The molecule has 0 aromatic heterocycles. The van der Waals surface area contributed by atoms with Crippen LogP contribution in [0.25, 0.3) is 0 Å². The maximum absolute atomic E-state index is 4.84. The van der Waals surface area contributed by atoms with Crippen molar-refractivity contribution in [3.8, 4) is 0 Å². The number of hydrogen-bond donors (Lipinski definition) is 0. The van der Waals surface area contributed by atoms with Crippen molar-refractivity contribution in [2.75, 3.05) is 13.7 Å². The molecule has 0 saturated heterocycles. The van der Waals surface area contributed by atoms with Crippen molar-refractivity contribution in [1.82, 2.24) is 0 Å². The van der Waals surface area contributed by atoms with Crippen LogP contribution in [0.3, 0.4) is 0 Å². The molecule has 0 N–H and O–H groups in total. The van der Waals surface area contributed by atoms with E-state index in [9.17, 15) is 0 Å². The van der Waals surface area contributed by atoms with E-state index in [2.05, 4.69) is 19.9 Å². The first kappa shape index (κ1) is 12.4. The van der Waals surface area contributed by atoms with Crippen LogP contribution in [0.1, 0.15) is 34.1 Å². The van der Waals surface area contributed by atoms with E-state index in [0.29, 0.717) is 0 Å². The molecule has 0 saturated carbocycles. The Balaban J connectivity index is 0. The van der Waals surface area contributed by atoms with Crippen LogP contribution in [-0.2, 0) is 4.74 Å². The quantitative estimate of drug-likeness (QED) is 0.553. The molecule has 0 atom stereocenters. The van der Waals surface area contributed by atoms with Gasteiger partial charge in [0.2, 0.25) is 0 Å². The molecule has 1 nitrogen and oxygen atoms in total. The summed E-state index contributed by atoms with van der Waals surface area (Å²) in [6.45, 7) is 9.00. The summed E-state index contributed by atoms with van der Waals surface area (Å²) < 4.78 is 4.84. The zero-order valence-corrected chi connectivity index (χ0v) is 7.90. The van der Waals surface area contributed by atoms with Crippen LogP contribution in [-0.4, -0.2) is 13.7 Å². The lowest BCUT2D eigenvalue weighted by Crippen LogP contribution is -1.82. The molecule has 0 rings (SSSR count). The first-order valence-electron chi connectivity index (χ1n) is 3.95. The summed E-state index contributed by atoms with van der Waals surface area (Å²) >= 11 is 0. The van der Waals surface area contributed by atoms with Gasteiger partial charge in [-0.2, -0.15) is 0 Å². The number of hydrogen-bond acceptors (Lipinski definition) is 1. The molecule has 62 valence electrons. The summed E-state index contributed by atoms with van der Waals surface area (Å²) in [5.74, 6) is 0. The van der Waals surface area contributed by atoms with Gasteiger partial charge in [0, 0.05) is 7.11 Å². The molecule has 0 amide bonds. The minimum atomic E-state index is 0.750.